The lowest BCUT2D eigenvalue weighted by Crippen LogP contribution is -2.43. The fourth-order valence-corrected chi connectivity index (χ4v) is 4.79. The van der Waals surface area contributed by atoms with E-state index in [0.717, 1.165) is 35.1 Å². The molecule has 0 bridgehead atoms. The van der Waals surface area contributed by atoms with Crippen molar-refractivity contribution >= 4 is 18.2 Å². The van der Waals surface area contributed by atoms with Crippen LogP contribution in [0.15, 0.2) is 48.5 Å². The van der Waals surface area contributed by atoms with Crippen molar-refractivity contribution in [1.82, 2.24) is 10.6 Å². The molecule has 0 aliphatic heterocycles. The minimum Gasteiger partial charge on any atom is -0.480 e. The number of carbonyl (C=O) groups is 3. The van der Waals surface area contributed by atoms with E-state index in [4.69, 9.17) is 9.47 Å². The predicted molar refractivity (Wildman–Crippen MR) is 135 cm³/mol. The molecular weight excluding hydrogens is 460 g/mol. The lowest BCUT2D eigenvalue weighted by Gasteiger charge is -2.24. The van der Waals surface area contributed by atoms with Gasteiger partial charge in [0.2, 0.25) is 0 Å². The Balaban J connectivity index is 1.27. The van der Waals surface area contributed by atoms with E-state index in [-0.39, 0.29) is 24.5 Å². The van der Waals surface area contributed by atoms with Crippen LogP contribution in [-0.2, 0) is 14.3 Å². The number of ether oxygens (including phenoxy) is 2. The first-order valence-electron chi connectivity index (χ1n) is 12.4. The minimum atomic E-state index is -1.12. The van der Waals surface area contributed by atoms with Gasteiger partial charge >= 0.3 is 18.2 Å². The smallest absolute Gasteiger partial charge is 0.408 e. The standard InChI is InChI=1S/C28H34N2O6/c1-27(2,3)36-26(34)30-28(15-16-28)14-8-13-23(24(31)32)29-25(33)35-17-22-20-11-6-4-9-18(20)19-10-5-7-12-21(19)22/h4-7,9-12,22-23H,8,13-17H2,1-3H3,(H,29,33)(H,30,34)(H,31,32). The first kappa shape index (κ1) is 25.5. The van der Waals surface area contributed by atoms with E-state index in [1.165, 1.54) is 0 Å². The lowest BCUT2D eigenvalue weighted by atomic mass is 9.98. The molecule has 1 unspecified atom stereocenters. The largest absolute Gasteiger partial charge is 0.480 e. The predicted octanol–water partition coefficient (Wildman–Crippen LogP) is 5.21. The molecule has 0 radical (unpaired) electrons. The Kier molecular flexibility index (Phi) is 7.24. The van der Waals surface area contributed by atoms with Crippen LogP contribution < -0.4 is 10.6 Å². The number of rotatable bonds is 9. The van der Waals surface area contributed by atoms with Gasteiger partial charge in [-0.2, -0.15) is 0 Å². The van der Waals surface area contributed by atoms with Crippen LogP contribution in [0.2, 0.25) is 0 Å². The second-order valence-electron chi connectivity index (χ2n) is 10.7. The molecule has 4 rings (SSSR count). The third kappa shape index (κ3) is 6.17. The van der Waals surface area contributed by atoms with Gasteiger partial charge in [0.15, 0.2) is 0 Å². The van der Waals surface area contributed by atoms with Crippen molar-refractivity contribution in [3.63, 3.8) is 0 Å². The van der Waals surface area contributed by atoms with Gasteiger partial charge in [-0.05, 0) is 75.1 Å². The van der Waals surface area contributed by atoms with Crippen molar-refractivity contribution in [3.05, 3.63) is 59.7 Å². The molecule has 0 spiro atoms. The number of alkyl carbamates (subject to hydrolysis) is 2. The summed E-state index contributed by atoms with van der Waals surface area (Å²) in [5.74, 6) is -1.21. The van der Waals surface area contributed by atoms with E-state index in [1.54, 1.807) is 20.8 Å². The van der Waals surface area contributed by atoms with E-state index in [2.05, 4.69) is 22.8 Å². The highest BCUT2D eigenvalue weighted by atomic mass is 16.6. The average molecular weight is 495 g/mol. The van der Waals surface area contributed by atoms with Crippen molar-refractivity contribution in [2.75, 3.05) is 6.61 Å². The number of amides is 2. The van der Waals surface area contributed by atoms with Crippen LogP contribution in [0.3, 0.4) is 0 Å². The molecule has 2 aliphatic carbocycles. The van der Waals surface area contributed by atoms with Gasteiger partial charge in [0, 0.05) is 11.5 Å². The van der Waals surface area contributed by atoms with Crippen molar-refractivity contribution in [1.29, 1.82) is 0 Å². The Hall–Kier alpha value is -3.55. The van der Waals surface area contributed by atoms with Gasteiger partial charge in [-0.25, -0.2) is 14.4 Å². The third-order valence-corrected chi connectivity index (χ3v) is 6.70. The van der Waals surface area contributed by atoms with Gasteiger partial charge in [0.05, 0.1) is 0 Å². The van der Waals surface area contributed by atoms with Crippen molar-refractivity contribution in [2.24, 2.45) is 0 Å². The van der Waals surface area contributed by atoms with Crippen molar-refractivity contribution < 1.29 is 29.0 Å². The Morgan fingerprint density at radius 3 is 2.11 bits per heavy atom. The molecule has 36 heavy (non-hydrogen) atoms. The zero-order valence-electron chi connectivity index (χ0n) is 21.0. The van der Waals surface area contributed by atoms with Gasteiger partial charge in [-0.3, -0.25) is 0 Å². The highest BCUT2D eigenvalue weighted by Gasteiger charge is 2.44. The Morgan fingerprint density at radius 2 is 1.58 bits per heavy atom. The van der Waals surface area contributed by atoms with Crippen LogP contribution in [-0.4, -0.2) is 47.1 Å². The quantitative estimate of drug-likeness (QED) is 0.441. The average Bonchev–Trinajstić information content (AvgIpc) is 3.48. The molecule has 0 heterocycles. The number of fused-ring (bicyclic) bond motifs is 3. The van der Waals surface area contributed by atoms with Crippen molar-refractivity contribution in [2.45, 2.75) is 76.0 Å². The fourth-order valence-electron chi connectivity index (χ4n) is 4.79. The number of aliphatic carboxylic acids is 1. The Morgan fingerprint density at radius 1 is 1.00 bits per heavy atom. The first-order valence-corrected chi connectivity index (χ1v) is 12.4. The van der Waals surface area contributed by atoms with Gasteiger partial charge in [-0.15, -0.1) is 0 Å². The van der Waals surface area contributed by atoms with E-state index >= 15 is 0 Å². The maximum absolute atomic E-state index is 12.5. The second kappa shape index (κ2) is 10.2. The minimum absolute atomic E-state index is 0.0971. The third-order valence-electron chi connectivity index (χ3n) is 6.70. The number of hydrogen-bond acceptors (Lipinski definition) is 5. The van der Waals surface area contributed by atoms with E-state index < -0.39 is 29.8 Å². The molecule has 8 heteroatoms. The molecule has 3 N–H and O–H groups in total. The summed E-state index contributed by atoms with van der Waals surface area (Å²) < 4.78 is 10.8. The SMILES string of the molecule is CC(C)(C)OC(=O)NC1(CCCC(NC(=O)OCC2c3ccccc3-c3ccccc32)C(=O)O)CC1. The van der Waals surface area contributed by atoms with Crippen LogP contribution in [0, 0.1) is 0 Å². The Bertz CT molecular complexity index is 1090. The molecule has 8 nitrogen and oxygen atoms in total. The van der Waals surface area contributed by atoms with E-state index in [0.29, 0.717) is 12.8 Å². The fraction of sp³-hybridized carbons (Fsp3) is 0.464. The van der Waals surface area contributed by atoms with Crippen LogP contribution in [0.1, 0.15) is 69.9 Å². The molecular formula is C28H34N2O6. The number of carboxylic acid groups (broad SMARTS) is 1. The van der Waals surface area contributed by atoms with Crippen LogP contribution >= 0.6 is 0 Å². The highest BCUT2D eigenvalue weighted by Crippen LogP contribution is 2.44. The zero-order valence-corrected chi connectivity index (χ0v) is 21.0. The summed E-state index contributed by atoms with van der Waals surface area (Å²) in [4.78, 5) is 36.4. The number of carboxylic acids is 1. The maximum Gasteiger partial charge on any atom is 0.408 e. The monoisotopic (exact) mass is 494 g/mol. The molecule has 0 aromatic heterocycles. The Labute approximate surface area is 211 Å². The molecule has 2 aromatic rings. The highest BCUT2D eigenvalue weighted by molar-refractivity contribution is 5.81. The summed E-state index contributed by atoms with van der Waals surface area (Å²) in [6.07, 6.45) is 1.80. The lowest BCUT2D eigenvalue weighted by molar-refractivity contribution is -0.139. The zero-order chi connectivity index (χ0) is 25.9. The number of carbonyl (C=O) groups excluding carboxylic acids is 2. The maximum atomic E-state index is 12.5. The number of hydrogen-bond donors (Lipinski definition) is 3. The summed E-state index contributed by atoms with van der Waals surface area (Å²) in [6, 6.07) is 15.0. The number of benzene rings is 2. The normalized spacial score (nSPS) is 16.3. The van der Waals surface area contributed by atoms with Gasteiger partial charge < -0.3 is 25.2 Å². The van der Waals surface area contributed by atoms with Crippen LogP contribution in [0.5, 0.6) is 0 Å². The summed E-state index contributed by atoms with van der Waals surface area (Å²) in [5.41, 5.74) is 3.50. The van der Waals surface area contributed by atoms with Gasteiger partial charge in [-0.1, -0.05) is 48.5 Å². The first-order chi connectivity index (χ1) is 17.1. The van der Waals surface area contributed by atoms with Gasteiger partial charge in [0.1, 0.15) is 18.2 Å². The van der Waals surface area contributed by atoms with E-state index in [9.17, 15) is 19.5 Å². The van der Waals surface area contributed by atoms with Crippen LogP contribution in [0.25, 0.3) is 11.1 Å². The molecule has 1 saturated carbocycles. The summed E-state index contributed by atoms with van der Waals surface area (Å²) >= 11 is 0. The van der Waals surface area contributed by atoms with Gasteiger partial charge in [0.25, 0.3) is 0 Å². The molecule has 0 saturated heterocycles. The molecule has 1 fully saturated rings. The summed E-state index contributed by atoms with van der Waals surface area (Å²) in [6.45, 7) is 5.53. The molecule has 2 aliphatic rings. The molecule has 1 atom stereocenters. The molecule has 192 valence electrons. The van der Waals surface area contributed by atoms with Crippen molar-refractivity contribution in [3.8, 4) is 11.1 Å². The number of nitrogens with one attached hydrogen (secondary N) is 2. The topological polar surface area (TPSA) is 114 Å². The van der Waals surface area contributed by atoms with Crippen LogP contribution in [0.4, 0.5) is 9.59 Å². The summed E-state index contributed by atoms with van der Waals surface area (Å²) in [5, 5.41) is 15.0. The molecule has 2 aromatic carbocycles. The summed E-state index contributed by atoms with van der Waals surface area (Å²) in [7, 11) is 0. The van der Waals surface area contributed by atoms with E-state index in [1.807, 2.05) is 36.4 Å². The second-order valence-corrected chi connectivity index (χ2v) is 10.7. The molecule has 2 amide bonds.